The summed E-state index contributed by atoms with van der Waals surface area (Å²) in [6, 6.07) is 4.92. The van der Waals surface area contributed by atoms with Crippen LogP contribution in [0.3, 0.4) is 0 Å². The summed E-state index contributed by atoms with van der Waals surface area (Å²) in [5.41, 5.74) is -0.0467. The minimum atomic E-state index is -1.14. The molecular formula is C16H21N3O6S. The number of imide groups is 1. The maximum Gasteiger partial charge on any atom is 0.321 e. The maximum absolute atomic E-state index is 12.1. The molecule has 10 heteroatoms. The molecule has 0 aliphatic heterocycles. The summed E-state index contributed by atoms with van der Waals surface area (Å²) in [6.45, 7) is 6.43. The first kappa shape index (κ1) is 21.4. The Hall–Kier alpha value is -2.62. The van der Waals surface area contributed by atoms with E-state index in [4.69, 9.17) is 4.74 Å². The highest BCUT2D eigenvalue weighted by Gasteiger charge is 2.24. The van der Waals surface area contributed by atoms with E-state index < -0.39 is 34.2 Å². The van der Waals surface area contributed by atoms with Crippen molar-refractivity contribution in [3.8, 4) is 0 Å². The second-order valence-electron chi connectivity index (χ2n) is 5.71. The molecule has 1 aromatic carbocycles. The van der Waals surface area contributed by atoms with Crippen molar-refractivity contribution in [3.05, 3.63) is 34.4 Å². The van der Waals surface area contributed by atoms with Gasteiger partial charge in [-0.15, -0.1) is 11.8 Å². The lowest BCUT2D eigenvalue weighted by Crippen LogP contribution is -2.46. The summed E-state index contributed by atoms with van der Waals surface area (Å²) in [5.74, 6) is -1.37. The van der Waals surface area contributed by atoms with Gasteiger partial charge >= 0.3 is 12.0 Å². The van der Waals surface area contributed by atoms with E-state index in [2.05, 4.69) is 10.6 Å². The number of rotatable bonds is 7. The first-order chi connectivity index (χ1) is 12.1. The highest BCUT2D eigenvalue weighted by molar-refractivity contribution is 8.00. The van der Waals surface area contributed by atoms with Crippen LogP contribution in [0.25, 0.3) is 0 Å². The summed E-state index contributed by atoms with van der Waals surface area (Å²) in [6.07, 6.45) is -1.14. The third-order valence-electron chi connectivity index (χ3n) is 3.01. The van der Waals surface area contributed by atoms with Crippen LogP contribution in [-0.2, 0) is 14.3 Å². The van der Waals surface area contributed by atoms with E-state index in [-0.39, 0.29) is 11.7 Å². The predicted molar refractivity (Wildman–Crippen MR) is 95.8 cm³/mol. The minimum absolute atomic E-state index is 0.0467. The van der Waals surface area contributed by atoms with Gasteiger partial charge in [-0.25, -0.2) is 4.79 Å². The molecule has 0 unspecified atom stereocenters. The van der Waals surface area contributed by atoms with Crippen molar-refractivity contribution in [3.63, 3.8) is 0 Å². The van der Waals surface area contributed by atoms with Crippen LogP contribution in [-0.4, -0.2) is 40.2 Å². The number of amides is 3. The van der Waals surface area contributed by atoms with E-state index in [0.717, 1.165) is 11.8 Å². The Morgan fingerprint density at radius 3 is 2.19 bits per heavy atom. The van der Waals surface area contributed by atoms with Crippen LogP contribution in [0.2, 0.25) is 0 Å². The molecule has 0 saturated carbocycles. The number of urea groups is 1. The Morgan fingerprint density at radius 1 is 1.12 bits per heavy atom. The van der Waals surface area contributed by atoms with Crippen molar-refractivity contribution in [1.82, 2.24) is 10.6 Å². The topological polar surface area (TPSA) is 128 Å². The van der Waals surface area contributed by atoms with E-state index in [9.17, 15) is 24.5 Å². The van der Waals surface area contributed by atoms with Crippen molar-refractivity contribution < 1.29 is 24.0 Å². The smallest absolute Gasteiger partial charge is 0.321 e. The fourth-order valence-electron chi connectivity index (χ4n) is 1.73. The molecule has 1 rings (SSSR count). The maximum atomic E-state index is 12.1. The van der Waals surface area contributed by atoms with Crippen LogP contribution in [0.15, 0.2) is 29.2 Å². The third kappa shape index (κ3) is 7.09. The number of benzene rings is 1. The summed E-state index contributed by atoms with van der Waals surface area (Å²) in [7, 11) is 0. The molecule has 1 aromatic rings. The lowest BCUT2D eigenvalue weighted by molar-refractivity contribution is -0.384. The van der Waals surface area contributed by atoms with Crippen LogP contribution in [0, 0.1) is 10.1 Å². The van der Waals surface area contributed by atoms with Crippen molar-refractivity contribution in [2.75, 3.05) is 0 Å². The molecule has 3 amide bonds. The van der Waals surface area contributed by atoms with Gasteiger partial charge in [0.05, 0.1) is 4.92 Å². The zero-order valence-electron chi connectivity index (χ0n) is 14.8. The van der Waals surface area contributed by atoms with Crippen molar-refractivity contribution >= 4 is 35.4 Å². The number of esters is 1. The standard InChI is InChI=1S/C16H21N3O6S/c1-9(2)17-16(22)18-14(20)10(3)25-15(21)11(4)26-13-7-5-12(6-8-13)19(23)24/h5-11H,1-4H3,(H2,17,18,20,22)/t10-,11+/m0/s1. The fraction of sp³-hybridized carbons (Fsp3) is 0.438. The molecule has 2 atom stereocenters. The highest BCUT2D eigenvalue weighted by Crippen LogP contribution is 2.26. The lowest BCUT2D eigenvalue weighted by Gasteiger charge is -2.16. The molecular weight excluding hydrogens is 362 g/mol. The normalized spacial score (nSPS) is 12.8. The number of nitro groups is 1. The molecule has 0 bridgehead atoms. The van der Waals surface area contributed by atoms with E-state index in [0.29, 0.717) is 4.90 Å². The highest BCUT2D eigenvalue weighted by atomic mass is 32.2. The monoisotopic (exact) mass is 383 g/mol. The van der Waals surface area contributed by atoms with E-state index in [1.165, 1.54) is 31.2 Å². The molecule has 2 N–H and O–H groups in total. The van der Waals surface area contributed by atoms with E-state index in [1.807, 2.05) is 0 Å². The zero-order valence-corrected chi connectivity index (χ0v) is 15.7. The molecule has 0 fully saturated rings. The van der Waals surface area contributed by atoms with Gasteiger partial charge in [0.25, 0.3) is 11.6 Å². The number of nitrogens with zero attached hydrogens (tertiary/aromatic N) is 1. The van der Waals surface area contributed by atoms with Crippen LogP contribution >= 0.6 is 11.8 Å². The molecule has 0 aromatic heterocycles. The van der Waals surface area contributed by atoms with Crippen LogP contribution in [0.5, 0.6) is 0 Å². The van der Waals surface area contributed by atoms with Crippen LogP contribution < -0.4 is 10.6 Å². The second-order valence-corrected chi connectivity index (χ2v) is 7.12. The number of hydrogen-bond acceptors (Lipinski definition) is 7. The number of ether oxygens (including phenoxy) is 1. The number of non-ortho nitro benzene ring substituents is 1. The molecule has 0 aliphatic rings. The van der Waals surface area contributed by atoms with Gasteiger partial charge in [-0.3, -0.25) is 25.0 Å². The van der Waals surface area contributed by atoms with Crippen molar-refractivity contribution in [1.29, 1.82) is 0 Å². The van der Waals surface area contributed by atoms with Crippen molar-refractivity contribution in [2.45, 2.75) is 50.0 Å². The van der Waals surface area contributed by atoms with Gasteiger partial charge in [0.2, 0.25) is 0 Å². The Morgan fingerprint density at radius 2 is 1.69 bits per heavy atom. The Kier molecular flexibility index (Phi) is 8.04. The minimum Gasteiger partial charge on any atom is -0.452 e. The average Bonchev–Trinajstić information content (AvgIpc) is 2.54. The second kappa shape index (κ2) is 9.76. The van der Waals surface area contributed by atoms with Crippen molar-refractivity contribution in [2.24, 2.45) is 0 Å². The van der Waals surface area contributed by atoms with Gasteiger partial charge < -0.3 is 10.1 Å². The molecule has 0 aliphatic carbocycles. The molecule has 9 nitrogen and oxygen atoms in total. The lowest BCUT2D eigenvalue weighted by atomic mass is 10.3. The Balaban J connectivity index is 2.53. The van der Waals surface area contributed by atoms with Crippen LogP contribution in [0.4, 0.5) is 10.5 Å². The SMILES string of the molecule is CC(C)NC(=O)NC(=O)[C@H](C)OC(=O)[C@@H](C)Sc1ccc([N+](=O)[O-])cc1. The molecule has 26 heavy (non-hydrogen) atoms. The molecule has 0 radical (unpaired) electrons. The van der Waals surface area contributed by atoms with Gasteiger partial charge in [-0.2, -0.15) is 0 Å². The van der Waals surface area contributed by atoms with Gasteiger partial charge in [-0.05, 0) is 39.8 Å². The number of hydrogen-bond donors (Lipinski definition) is 2. The summed E-state index contributed by atoms with van der Waals surface area (Å²) >= 11 is 1.14. The molecule has 0 heterocycles. The van der Waals surface area contributed by atoms with E-state index in [1.54, 1.807) is 20.8 Å². The fourth-order valence-corrected chi connectivity index (χ4v) is 2.59. The van der Waals surface area contributed by atoms with Crippen LogP contribution in [0.1, 0.15) is 27.7 Å². The number of thioether (sulfide) groups is 1. The number of nitrogens with one attached hydrogen (secondary N) is 2. The molecule has 0 saturated heterocycles. The van der Waals surface area contributed by atoms with E-state index >= 15 is 0 Å². The number of carbonyl (C=O) groups is 3. The van der Waals surface area contributed by atoms with Gasteiger partial charge in [0.15, 0.2) is 6.10 Å². The zero-order chi connectivity index (χ0) is 19.9. The average molecular weight is 383 g/mol. The summed E-state index contributed by atoms with van der Waals surface area (Å²) < 4.78 is 5.05. The van der Waals surface area contributed by atoms with Gasteiger partial charge in [0, 0.05) is 23.1 Å². The Labute approximate surface area is 155 Å². The summed E-state index contributed by atoms with van der Waals surface area (Å²) in [4.78, 5) is 46.1. The first-order valence-corrected chi connectivity index (χ1v) is 8.71. The summed E-state index contributed by atoms with van der Waals surface area (Å²) in [5, 5.41) is 14.6. The van der Waals surface area contributed by atoms with Gasteiger partial charge in [0.1, 0.15) is 5.25 Å². The molecule has 0 spiro atoms. The molecule has 142 valence electrons. The predicted octanol–water partition coefficient (Wildman–Crippen LogP) is 2.24. The largest absolute Gasteiger partial charge is 0.452 e. The first-order valence-electron chi connectivity index (χ1n) is 7.83. The quantitative estimate of drug-likeness (QED) is 0.320. The van der Waals surface area contributed by atoms with Gasteiger partial charge in [-0.1, -0.05) is 0 Å². The number of carbonyl (C=O) groups excluding carboxylic acids is 3. The number of nitro benzene ring substituents is 1. The third-order valence-corrected chi connectivity index (χ3v) is 4.10. The Bertz CT molecular complexity index is 677.